The first kappa shape index (κ1) is 14.0. The Hall–Kier alpha value is -1.39. The highest BCUT2D eigenvalue weighted by atomic mass is 79.9. The van der Waals surface area contributed by atoms with Crippen molar-refractivity contribution in [1.29, 1.82) is 0 Å². The molecule has 0 spiro atoms. The van der Waals surface area contributed by atoms with E-state index in [0.29, 0.717) is 6.54 Å². The van der Waals surface area contributed by atoms with Gasteiger partial charge in [0, 0.05) is 30.8 Å². The number of hydrogen-bond donors (Lipinski definition) is 1. The largest absolute Gasteiger partial charge is 0.355 e. The topological polar surface area (TPSA) is 42.2 Å². The Balaban J connectivity index is 2.13. The second-order valence-electron chi connectivity index (χ2n) is 4.67. The lowest BCUT2D eigenvalue weighted by Crippen LogP contribution is -2.18. The van der Waals surface area contributed by atoms with Gasteiger partial charge in [-0.05, 0) is 45.6 Å². The molecule has 1 aromatic carbocycles. The van der Waals surface area contributed by atoms with Gasteiger partial charge in [-0.3, -0.25) is 0 Å². The van der Waals surface area contributed by atoms with E-state index in [4.69, 9.17) is 5.73 Å². The number of rotatable bonds is 4. The molecule has 4 heteroatoms. The van der Waals surface area contributed by atoms with E-state index in [1.807, 2.05) is 6.20 Å². The molecular formula is C15H18BrN3. The van der Waals surface area contributed by atoms with Gasteiger partial charge in [0.05, 0.1) is 0 Å². The van der Waals surface area contributed by atoms with Crippen LogP contribution in [0.15, 0.2) is 41.0 Å². The fraction of sp³-hybridized carbons (Fsp3) is 0.267. The van der Waals surface area contributed by atoms with Crippen molar-refractivity contribution in [2.24, 2.45) is 5.73 Å². The number of benzene rings is 1. The summed E-state index contributed by atoms with van der Waals surface area (Å²) >= 11 is 3.44. The summed E-state index contributed by atoms with van der Waals surface area (Å²) in [6.07, 6.45) is 1.83. The molecule has 1 aromatic heterocycles. The minimum Gasteiger partial charge on any atom is -0.355 e. The molecule has 0 aliphatic heterocycles. The number of halogens is 1. The summed E-state index contributed by atoms with van der Waals surface area (Å²) < 4.78 is 1.01. The first-order valence-electron chi connectivity index (χ1n) is 6.21. The summed E-state index contributed by atoms with van der Waals surface area (Å²) in [7, 11) is 2.06. The Morgan fingerprint density at radius 3 is 2.42 bits per heavy atom. The SMILES string of the molecule is Cc1cc(Br)cnc1N(C)Cc1ccc(CN)cc1. The van der Waals surface area contributed by atoms with Crippen molar-refractivity contribution in [3.8, 4) is 0 Å². The molecule has 0 saturated heterocycles. The number of nitrogens with zero attached hydrogens (tertiary/aromatic N) is 2. The standard InChI is InChI=1S/C15H18BrN3/c1-11-7-14(16)9-18-15(11)19(2)10-13-5-3-12(8-17)4-6-13/h3-7,9H,8,10,17H2,1-2H3. The first-order valence-corrected chi connectivity index (χ1v) is 7.00. The zero-order chi connectivity index (χ0) is 13.8. The van der Waals surface area contributed by atoms with Gasteiger partial charge >= 0.3 is 0 Å². The number of aryl methyl sites for hydroxylation is 1. The quantitative estimate of drug-likeness (QED) is 0.940. The normalized spacial score (nSPS) is 10.5. The molecule has 0 aliphatic rings. The van der Waals surface area contributed by atoms with Crippen LogP contribution in [0.5, 0.6) is 0 Å². The summed E-state index contributed by atoms with van der Waals surface area (Å²) in [5.41, 5.74) is 9.17. The summed E-state index contributed by atoms with van der Waals surface area (Å²) in [6.45, 7) is 3.49. The molecular weight excluding hydrogens is 302 g/mol. The van der Waals surface area contributed by atoms with E-state index < -0.39 is 0 Å². The summed E-state index contributed by atoms with van der Waals surface area (Å²) in [5.74, 6) is 1.01. The molecule has 2 rings (SSSR count). The maximum Gasteiger partial charge on any atom is 0.131 e. The van der Waals surface area contributed by atoms with E-state index in [-0.39, 0.29) is 0 Å². The zero-order valence-electron chi connectivity index (χ0n) is 11.2. The Morgan fingerprint density at radius 1 is 1.21 bits per heavy atom. The number of hydrogen-bond acceptors (Lipinski definition) is 3. The molecule has 0 fully saturated rings. The highest BCUT2D eigenvalue weighted by Crippen LogP contribution is 2.21. The highest BCUT2D eigenvalue weighted by Gasteiger charge is 2.07. The second-order valence-corrected chi connectivity index (χ2v) is 5.59. The molecule has 0 unspecified atom stereocenters. The van der Waals surface area contributed by atoms with Crippen molar-refractivity contribution in [2.45, 2.75) is 20.0 Å². The number of nitrogens with two attached hydrogens (primary N) is 1. The molecule has 2 aromatic rings. The third kappa shape index (κ3) is 3.55. The lowest BCUT2D eigenvalue weighted by Gasteiger charge is -2.20. The highest BCUT2D eigenvalue weighted by molar-refractivity contribution is 9.10. The monoisotopic (exact) mass is 319 g/mol. The van der Waals surface area contributed by atoms with Crippen LogP contribution in [0.25, 0.3) is 0 Å². The van der Waals surface area contributed by atoms with Gasteiger partial charge in [-0.2, -0.15) is 0 Å². The molecule has 0 aliphatic carbocycles. The van der Waals surface area contributed by atoms with Crippen molar-refractivity contribution in [2.75, 3.05) is 11.9 Å². The van der Waals surface area contributed by atoms with Gasteiger partial charge in [-0.15, -0.1) is 0 Å². The van der Waals surface area contributed by atoms with Crippen LogP contribution >= 0.6 is 15.9 Å². The third-order valence-electron chi connectivity index (χ3n) is 3.06. The van der Waals surface area contributed by atoms with Crippen LogP contribution in [-0.2, 0) is 13.1 Å². The number of pyridine rings is 1. The van der Waals surface area contributed by atoms with Crippen molar-refractivity contribution in [3.63, 3.8) is 0 Å². The average molecular weight is 320 g/mol. The molecule has 3 nitrogen and oxygen atoms in total. The maximum absolute atomic E-state index is 5.60. The molecule has 0 bridgehead atoms. The lowest BCUT2D eigenvalue weighted by atomic mass is 10.1. The van der Waals surface area contributed by atoms with Gasteiger partial charge in [0.15, 0.2) is 0 Å². The van der Waals surface area contributed by atoms with Crippen LogP contribution in [0.2, 0.25) is 0 Å². The van der Waals surface area contributed by atoms with E-state index in [9.17, 15) is 0 Å². The zero-order valence-corrected chi connectivity index (χ0v) is 12.8. The summed E-state index contributed by atoms with van der Waals surface area (Å²) in [4.78, 5) is 6.62. The van der Waals surface area contributed by atoms with Gasteiger partial charge in [-0.1, -0.05) is 24.3 Å². The van der Waals surface area contributed by atoms with Crippen LogP contribution in [0.3, 0.4) is 0 Å². The lowest BCUT2D eigenvalue weighted by molar-refractivity contribution is 0.888. The van der Waals surface area contributed by atoms with Crippen molar-refractivity contribution in [1.82, 2.24) is 4.98 Å². The third-order valence-corrected chi connectivity index (χ3v) is 3.49. The predicted molar refractivity (Wildman–Crippen MR) is 83.1 cm³/mol. The Labute approximate surface area is 122 Å². The summed E-state index contributed by atoms with van der Waals surface area (Å²) in [6, 6.07) is 10.5. The van der Waals surface area contributed by atoms with E-state index >= 15 is 0 Å². The van der Waals surface area contributed by atoms with Crippen LogP contribution in [0.4, 0.5) is 5.82 Å². The fourth-order valence-corrected chi connectivity index (χ4v) is 2.51. The van der Waals surface area contributed by atoms with Crippen LogP contribution in [0, 0.1) is 6.92 Å². The summed E-state index contributed by atoms with van der Waals surface area (Å²) in [5, 5.41) is 0. The first-order chi connectivity index (χ1) is 9.10. The van der Waals surface area contributed by atoms with Crippen LogP contribution in [-0.4, -0.2) is 12.0 Å². The Kier molecular flexibility index (Phi) is 4.56. The predicted octanol–water partition coefficient (Wildman–Crippen LogP) is 3.25. The van der Waals surface area contributed by atoms with Gasteiger partial charge in [-0.25, -0.2) is 4.98 Å². The fourth-order valence-electron chi connectivity index (χ4n) is 2.06. The molecule has 100 valence electrons. The maximum atomic E-state index is 5.60. The van der Waals surface area contributed by atoms with Crippen LogP contribution in [0.1, 0.15) is 16.7 Å². The molecule has 0 saturated carbocycles. The molecule has 0 radical (unpaired) electrons. The molecule has 0 atom stereocenters. The minimum absolute atomic E-state index is 0.587. The second kappa shape index (κ2) is 6.17. The van der Waals surface area contributed by atoms with Crippen LogP contribution < -0.4 is 10.6 Å². The van der Waals surface area contributed by atoms with Crippen molar-refractivity contribution in [3.05, 3.63) is 57.7 Å². The van der Waals surface area contributed by atoms with E-state index in [1.165, 1.54) is 5.56 Å². The average Bonchev–Trinajstić information content (AvgIpc) is 2.39. The molecule has 0 amide bonds. The Morgan fingerprint density at radius 2 is 1.84 bits per heavy atom. The van der Waals surface area contributed by atoms with Gasteiger partial charge in [0.2, 0.25) is 0 Å². The van der Waals surface area contributed by atoms with E-state index in [1.54, 1.807) is 0 Å². The Bertz CT molecular complexity index is 552. The van der Waals surface area contributed by atoms with Crippen molar-refractivity contribution >= 4 is 21.7 Å². The van der Waals surface area contributed by atoms with Crippen molar-refractivity contribution < 1.29 is 0 Å². The minimum atomic E-state index is 0.587. The van der Waals surface area contributed by atoms with Gasteiger partial charge in [0.1, 0.15) is 5.82 Å². The number of aromatic nitrogens is 1. The number of anilines is 1. The molecule has 19 heavy (non-hydrogen) atoms. The smallest absolute Gasteiger partial charge is 0.131 e. The molecule has 2 N–H and O–H groups in total. The van der Waals surface area contributed by atoms with Gasteiger partial charge in [0.25, 0.3) is 0 Å². The molecule has 1 heterocycles. The van der Waals surface area contributed by atoms with Gasteiger partial charge < -0.3 is 10.6 Å². The van der Waals surface area contributed by atoms with E-state index in [0.717, 1.165) is 28.0 Å². The van der Waals surface area contributed by atoms with E-state index in [2.05, 4.69) is 70.1 Å².